The minimum atomic E-state index is -4.65. The summed E-state index contributed by atoms with van der Waals surface area (Å²) in [4.78, 5) is 11.5. The normalized spacial score (nSPS) is 16.6. The fraction of sp³-hybridized carbons (Fsp3) is 0.212. The van der Waals surface area contributed by atoms with Gasteiger partial charge >= 0.3 is 12.1 Å². The highest BCUT2D eigenvalue weighted by molar-refractivity contribution is 6.31. The minimum Gasteiger partial charge on any atom is -0.481 e. The van der Waals surface area contributed by atoms with E-state index in [4.69, 9.17) is 16.3 Å². The summed E-state index contributed by atoms with van der Waals surface area (Å²) in [5.41, 5.74) is -0.106. The lowest BCUT2D eigenvalue weighted by Gasteiger charge is -2.34. The molecular weight excluding hydrogens is 600 g/mol. The molecule has 0 spiro atoms. The molecule has 0 amide bonds. The van der Waals surface area contributed by atoms with Crippen LogP contribution in [0, 0.1) is 5.82 Å². The molecule has 0 saturated carbocycles. The molecule has 6 nitrogen and oxygen atoms in total. The molecule has 0 aliphatic heterocycles. The largest absolute Gasteiger partial charge is 0.481 e. The number of ether oxygens (including phenoxy) is 1. The second kappa shape index (κ2) is 11.3. The fourth-order valence-corrected chi connectivity index (χ4v) is 6.15. The van der Waals surface area contributed by atoms with Crippen LogP contribution in [0.5, 0.6) is 11.5 Å². The van der Waals surface area contributed by atoms with Crippen LogP contribution in [0.15, 0.2) is 78.9 Å². The van der Waals surface area contributed by atoms with Gasteiger partial charge in [-0.05, 0) is 66.8 Å². The van der Waals surface area contributed by atoms with Crippen LogP contribution in [-0.4, -0.2) is 26.0 Å². The van der Waals surface area contributed by atoms with Crippen molar-refractivity contribution in [2.45, 2.75) is 44.0 Å². The van der Waals surface area contributed by atoms with E-state index in [1.54, 1.807) is 48.5 Å². The number of aliphatic carboxylic acids is 1. The number of carboxylic acids is 1. The maximum atomic E-state index is 14.0. The standard InChI is InChI=1S/C33H25ClF4N2O4/c34-27-16-21(35)13-12-20(27)18-40-31(24-7-2-10-26(30(24)39-40)33(36,37)38)19-5-1-6-22(15-19)44-28-11-3-9-25-23(28)8-4-14-32(25,43)17-29(41)42/h1-3,5-7,9-13,15-16,43H,4,8,14,17-18H2,(H,41,42). The van der Waals surface area contributed by atoms with E-state index in [9.17, 15) is 32.6 Å². The van der Waals surface area contributed by atoms with Gasteiger partial charge in [-0.25, -0.2) is 4.39 Å². The molecule has 5 aromatic rings. The first-order chi connectivity index (χ1) is 20.9. The zero-order chi connectivity index (χ0) is 31.2. The lowest BCUT2D eigenvalue weighted by Crippen LogP contribution is -2.33. The lowest BCUT2D eigenvalue weighted by molar-refractivity contribution is -0.143. The van der Waals surface area contributed by atoms with Crippen molar-refractivity contribution in [2.75, 3.05) is 0 Å². The van der Waals surface area contributed by atoms with Crippen molar-refractivity contribution in [3.8, 4) is 22.8 Å². The molecule has 1 heterocycles. The quantitative estimate of drug-likeness (QED) is 0.178. The van der Waals surface area contributed by atoms with Crippen molar-refractivity contribution in [2.24, 2.45) is 0 Å². The lowest BCUT2D eigenvalue weighted by atomic mass is 9.77. The molecule has 1 aliphatic rings. The van der Waals surface area contributed by atoms with Gasteiger partial charge in [-0.2, -0.15) is 18.3 Å². The summed E-state index contributed by atoms with van der Waals surface area (Å²) in [6.45, 7) is -0.0279. The molecule has 44 heavy (non-hydrogen) atoms. The number of fused-ring (bicyclic) bond motifs is 2. The van der Waals surface area contributed by atoms with Crippen molar-refractivity contribution in [3.63, 3.8) is 0 Å². The first-order valence-electron chi connectivity index (χ1n) is 13.8. The van der Waals surface area contributed by atoms with Gasteiger partial charge in [0.15, 0.2) is 0 Å². The third kappa shape index (κ3) is 5.62. The van der Waals surface area contributed by atoms with Crippen molar-refractivity contribution >= 4 is 28.5 Å². The van der Waals surface area contributed by atoms with E-state index in [0.717, 1.165) is 12.1 Å². The Balaban J connectivity index is 1.44. The van der Waals surface area contributed by atoms with E-state index in [2.05, 4.69) is 5.10 Å². The van der Waals surface area contributed by atoms with E-state index >= 15 is 0 Å². The van der Waals surface area contributed by atoms with Crippen LogP contribution < -0.4 is 4.74 Å². The number of aromatic nitrogens is 2. The summed E-state index contributed by atoms with van der Waals surface area (Å²) in [5.74, 6) is -0.841. The smallest absolute Gasteiger partial charge is 0.418 e. The third-order valence-corrected chi connectivity index (χ3v) is 8.19. The highest BCUT2D eigenvalue weighted by Gasteiger charge is 2.38. The number of benzene rings is 4. The molecule has 11 heteroatoms. The van der Waals surface area contributed by atoms with Crippen molar-refractivity contribution < 1.29 is 37.3 Å². The molecule has 0 saturated heterocycles. The number of hydrogen-bond donors (Lipinski definition) is 2. The highest BCUT2D eigenvalue weighted by atomic mass is 35.5. The van der Waals surface area contributed by atoms with E-state index < -0.39 is 35.5 Å². The summed E-state index contributed by atoms with van der Waals surface area (Å²) in [5, 5.41) is 25.3. The summed E-state index contributed by atoms with van der Waals surface area (Å²) in [7, 11) is 0. The van der Waals surface area contributed by atoms with Crippen molar-refractivity contribution in [1.82, 2.24) is 9.78 Å². The molecule has 1 unspecified atom stereocenters. The summed E-state index contributed by atoms with van der Waals surface area (Å²) >= 11 is 6.27. The Morgan fingerprint density at radius 1 is 1.05 bits per heavy atom. The molecule has 226 valence electrons. The molecule has 0 fully saturated rings. The molecule has 1 atom stereocenters. The number of carbonyl (C=O) groups is 1. The van der Waals surface area contributed by atoms with Crippen molar-refractivity contribution in [3.05, 3.63) is 112 Å². The molecule has 6 rings (SSSR count). The second-order valence-corrected chi connectivity index (χ2v) is 11.2. The molecule has 4 aromatic carbocycles. The Morgan fingerprint density at radius 3 is 2.57 bits per heavy atom. The zero-order valence-corrected chi connectivity index (χ0v) is 23.8. The topological polar surface area (TPSA) is 84.6 Å². The molecule has 2 N–H and O–H groups in total. The summed E-state index contributed by atoms with van der Waals surface area (Å²) in [6.07, 6.45) is -3.64. The van der Waals surface area contributed by atoms with Crippen LogP contribution in [-0.2, 0) is 29.5 Å². The number of carboxylic acid groups (broad SMARTS) is 1. The number of halogens is 5. The van der Waals surface area contributed by atoms with E-state index in [1.807, 2.05) is 0 Å². The average molecular weight is 625 g/mol. The summed E-state index contributed by atoms with van der Waals surface area (Å²) < 4.78 is 63.3. The Morgan fingerprint density at radius 2 is 1.82 bits per heavy atom. The van der Waals surface area contributed by atoms with Gasteiger partial charge in [0, 0.05) is 21.5 Å². The number of hydrogen-bond acceptors (Lipinski definition) is 4. The predicted molar refractivity (Wildman–Crippen MR) is 156 cm³/mol. The van der Waals surface area contributed by atoms with Gasteiger partial charge in [-0.3, -0.25) is 9.48 Å². The zero-order valence-electron chi connectivity index (χ0n) is 23.0. The van der Waals surface area contributed by atoms with E-state index in [-0.39, 0.29) is 22.5 Å². The number of rotatable bonds is 7. The van der Waals surface area contributed by atoms with Gasteiger partial charge in [0.1, 0.15) is 28.4 Å². The SMILES string of the molecule is O=C(O)CC1(O)CCCc2c(Oc3cccc(-c4c5cccc(C(F)(F)F)c5nn4Cc4ccc(F)cc4Cl)c3)cccc21. The molecule has 1 aromatic heterocycles. The van der Waals surface area contributed by atoms with Crippen LogP contribution in [0.1, 0.15) is 41.5 Å². The average Bonchev–Trinajstić information content (AvgIpc) is 3.32. The van der Waals surface area contributed by atoms with Gasteiger partial charge in [-0.1, -0.05) is 54.1 Å². The Bertz CT molecular complexity index is 1910. The number of aliphatic hydroxyl groups is 1. The maximum absolute atomic E-state index is 14.0. The summed E-state index contributed by atoms with van der Waals surface area (Å²) in [6, 6.07) is 19.5. The molecule has 1 aliphatic carbocycles. The van der Waals surface area contributed by atoms with Gasteiger partial charge < -0.3 is 14.9 Å². The van der Waals surface area contributed by atoms with Crippen LogP contribution in [0.3, 0.4) is 0 Å². The van der Waals surface area contributed by atoms with Gasteiger partial charge in [0.2, 0.25) is 0 Å². The molecular formula is C33H25ClF4N2O4. The van der Waals surface area contributed by atoms with Crippen LogP contribution in [0.2, 0.25) is 5.02 Å². The Kier molecular flexibility index (Phi) is 7.59. The number of alkyl halides is 3. The minimum absolute atomic E-state index is 0.0279. The van der Waals surface area contributed by atoms with Crippen LogP contribution >= 0.6 is 11.6 Å². The maximum Gasteiger partial charge on any atom is 0.418 e. The first kappa shape index (κ1) is 29.7. The Hall–Kier alpha value is -4.41. The monoisotopic (exact) mass is 624 g/mol. The van der Waals surface area contributed by atoms with E-state index in [0.29, 0.717) is 58.7 Å². The van der Waals surface area contributed by atoms with Crippen LogP contribution in [0.25, 0.3) is 22.2 Å². The predicted octanol–water partition coefficient (Wildman–Crippen LogP) is 8.35. The first-order valence-corrected chi connectivity index (χ1v) is 14.2. The Labute approximate surface area is 254 Å². The van der Waals surface area contributed by atoms with E-state index in [1.165, 1.54) is 22.9 Å². The van der Waals surface area contributed by atoms with Gasteiger partial charge in [-0.15, -0.1) is 0 Å². The fourth-order valence-electron chi connectivity index (χ4n) is 5.93. The van der Waals surface area contributed by atoms with Gasteiger partial charge in [0.25, 0.3) is 0 Å². The molecule has 0 radical (unpaired) electrons. The second-order valence-electron chi connectivity index (χ2n) is 10.8. The van der Waals surface area contributed by atoms with Crippen molar-refractivity contribution in [1.29, 1.82) is 0 Å². The molecule has 0 bridgehead atoms. The number of nitrogens with zero attached hydrogens (tertiary/aromatic N) is 2. The van der Waals surface area contributed by atoms with Gasteiger partial charge in [0.05, 0.1) is 24.2 Å². The van der Waals surface area contributed by atoms with Crippen LogP contribution in [0.4, 0.5) is 17.6 Å². The third-order valence-electron chi connectivity index (χ3n) is 7.84. The highest BCUT2D eigenvalue weighted by Crippen LogP contribution is 2.43.